The SMILES string of the molecule is Cc1ccc(C(=O)O)cc1S(=O)(=O)N[C@H]1CS(=O)(=O)C[C@H]1O. The number of sulfone groups is 1. The van der Waals surface area contributed by atoms with Crippen LogP contribution in [0.3, 0.4) is 0 Å². The number of rotatable bonds is 4. The monoisotopic (exact) mass is 349 g/mol. The van der Waals surface area contributed by atoms with Gasteiger partial charge in [0.1, 0.15) is 0 Å². The molecule has 1 saturated heterocycles. The third-order valence-electron chi connectivity index (χ3n) is 3.35. The minimum absolute atomic E-state index is 0.203. The highest BCUT2D eigenvalue weighted by atomic mass is 32.2. The molecule has 1 aliphatic heterocycles. The van der Waals surface area contributed by atoms with Crippen molar-refractivity contribution in [2.75, 3.05) is 11.5 Å². The molecule has 1 aliphatic rings. The molecule has 2 rings (SSSR count). The lowest BCUT2D eigenvalue weighted by molar-refractivity contribution is 0.0696. The standard InChI is InChI=1S/C12H15NO7S2/c1-7-2-3-8(12(15)16)4-11(7)22(19,20)13-9-5-21(17,18)6-10(9)14/h2-4,9-10,13-14H,5-6H2,1H3,(H,15,16)/t9-,10+/m0/s1. The van der Waals surface area contributed by atoms with Gasteiger partial charge in [-0.25, -0.2) is 26.4 Å². The lowest BCUT2D eigenvalue weighted by atomic mass is 10.1. The van der Waals surface area contributed by atoms with Gasteiger partial charge < -0.3 is 10.2 Å². The Bertz CT molecular complexity index is 814. The molecule has 0 spiro atoms. The van der Waals surface area contributed by atoms with Crippen LogP contribution in [0.2, 0.25) is 0 Å². The molecule has 10 heteroatoms. The highest BCUT2D eigenvalue weighted by Gasteiger charge is 2.39. The first-order valence-corrected chi connectivity index (χ1v) is 9.57. The van der Waals surface area contributed by atoms with Crippen LogP contribution in [0.5, 0.6) is 0 Å². The van der Waals surface area contributed by atoms with Gasteiger partial charge in [0.15, 0.2) is 9.84 Å². The van der Waals surface area contributed by atoms with Crippen LogP contribution < -0.4 is 4.72 Å². The number of carboxylic acids is 1. The van der Waals surface area contributed by atoms with Crippen LogP contribution >= 0.6 is 0 Å². The average Bonchev–Trinajstić information content (AvgIpc) is 2.61. The van der Waals surface area contributed by atoms with Crippen molar-refractivity contribution >= 4 is 25.8 Å². The van der Waals surface area contributed by atoms with E-state index >= 15 is 0 Å². The third kappa shape index (κ3) is 3.46. The van der Waals surface area contributed by atoms with Gasteiger partial charge in [-0.3, -0.25) is 0 Å². The minimum Gasteiger partial charge on any atom is -0.478 e. The zero-order valence-electron chi connectivity index (χ0n) is 11.6. The van der Waals surface area contributed by atoms with Crippen LogP contribution in [0.1, 0.15) is 15.9 Å². The van der Waals surface area contributed by atoms with E-state index < -0.39 is 49.5 Å². The number of carboxylic acid groups (broad SMARTS) is 1. The summed E-state index contributed by atoms with van der Waals surface area (Å²) in [5, 5.41) is 18.6. The zero-order valence-corrected chi connectivity index (χ0v) is 13.2. The van der Waals surface area contributed by atoms with Crippen molar-refractivity contribution < 1.29 is 31.8 Å². The molecule has 0 saturated carbocycles. The summed E-state index contributed by atoms with van der Waals surface area (Å²) in [7, 11) is -7.65. The van der Waals surface area contributed by atoms with Gasteiger partial charge in [0.05, 0.1) is 34.1 Å². The Hall–Kier alpha value is -1.49. The Kier molecular flexibility index (Phi) is 4.30. The topological polar surface area (TPSA) is 138 Å². The van der Waals surface area contributed by atoms with Crippen LogP contribution in [0, 0.1) is 6.92 Å². The molecule has 122 valence electrons. The van der Waals surface area contributed by atoms with E-state index in [4.69, 9.17) is 5.11 Å². The number of carbonyl (C=O) groups is 1. The molecule has 0 unspecified atom stereocenters. The fourth-order valence-corrected chi connectivity index (χ4v) is 5.61. The van der Waals surface area contributed by atoms with Gasteiger partial charge in [0, 0.05) is 0 Å². The first-order valence-electron chi connectivity index (χ1n) is 6.26. The molecule has 2 atom stereocenters. The van der Waals surface area contributed by atoms with Crippen molar-refractivity contribution in [3.05, 3.63) is 29.3 Å². The van der Waals surface area contributed by atoms with Crippen LogP contribution in [-0.2, 0) is 19.9 Å². The molecule has 8 nitrogen and oxygen atoms in total. The second-order valence-corrected chi connectivity index (χ2v) is 8.99. The number of aliphatic hydroxyl groups excluding tert-OH is 1. The van der Waals surface area contributed by atoms with Crippen molar-refractivity contribution in [1.82, 2.24) is 4.72 Å². The number of hydrogen-bond acceptors (Lipinski definition) is 6. The normalized spacial score (nSPS) is 24.3. The van der Waals surface area contributed by atoms with E-state index in [0.29, 0.717) is 5.56 Å². The number of aliphatic hydroxyl groups is 1. The Morgan fingerprint density at radius 3 is 2.45 bits per heavy atom. The first kappa shape index (κ1) is 16.9. The molecule has 0 amide bonds. The summed E-state index contributed by atoms with van der Waals surface area (Å²) in [6.45, 7) is 1.49. The highest BCUT2D eigenvalue weighted by molar-refractivity contribution is 7.92. The summed E-state index contributed by atoms with van der Waals surface area (Å²) < 4.78 is 49.6. The number of hydrogen-bond donors (Lipinski definition) is 3. The fraction of sp³-hybridized carbons (Fsp3) is 0.417. The minimum atomic E-state index is -4.15. The van der Waals surface area contributed by atoms with Crippen molar-refractivity contribution in [2.24, 2.45) is 0 Å². The van der Waals surface area contributed by atoms with Gasteiger partial charge >= 0.3 is 5.97 Å². The van der Waals surface area contributed by atoms with Gasteiger partial charge in [0.2, 0.25) is 10.0 Å². The molecule has 0 radical (unpaired) electrons. The Balaban J connectivity index is 2.35. The van der Waals surface area contributed by atoms with Gasteiger partial charge in [-0.05, 0) is 24.6 Å². The second kappa shape index (κ2) is 5.61. The van der Waals surface area contributed by atoms with Crippen LogP contribution in [-0.4, -0.2) is 56.7 Å². The lowest BCUT2D eigenvalue weighted by Gasteiger charge is -2.16. The molecule has 3 N–H and O–H groups in total. The molecule has 1 fully saturated rings. The van der Waals surface area contributed by atoms with E-state index in [2.05, 4.69) is 4.72 Å². The summed E-state index contributed by atoms with van der Waals surface area (Å²) in [5.41, 5.74) is 0.110. The predicted molar refractivity (Wildman–Crippen MR) is 76.9 cm³/mol. The summed E-state index contributed by atoms with van der Waals surface area (Å²) in [6.07, 6.45) is -1.33. The van der Waals surface area contributed by atoms with Crippen molar-refractivity contribution in [2.45, 2.75) is 24.0 Å². The van der Waals surface area contributed by atoms with Gasteiger partial charge in [-0.2, -0.15) is 0 Å². The fourth-order valence-electron chi connectivity index (χ4n) is 2.23. The zero-order chi connectivity index (χ0) is 16.7. The predicted octanol–water partition coefficient (Wildman–Crippen LogP) is -0.871. The number of aromatic carboxylic acids is 1. The van der Waals surface area contributed by atoms with E-state index in [9.17, 15) is 26.7 Å². The lowest BCUT2D eigenvalue weighted by Crippen LogP contribution is -2.42. The molecule has 22 heavy (non-hydrogen) atoms. The maximum Gasteiger partial charge on any atom is 0.335 e. The van der Waals surface area contributed by atoms with Crippen LogP contribution in [0.4, 0.5) is 0 Å². The summed E-state index contributed by atoms with van der Waals surface area (Å²) >= 11 is 0. The Labute approximate surface area is 127 Å². The molecular weight excluding hydrogens is 334 g/mol. The summed E-state index contributed by atoms with van der Waals surface area (Å²) in [6, 6.07) is 2.46. The van der Waals surface area contributed by atoms with E-state index in [1.807, 2.05) is 0 Å². The largest absolute Gasteiger partial charge is 0.478 e. The molecular formula is C12H15NO7S2. The Morgan fingerprint density at radius 2 is 1.95 bits per heavy atom. The summed E-state index contributed by atoms with van der Waals surface area (Å²) in [5.74, 6) is -2.28. The number of benzene rings is 1. The van der Waals surface area contributed by atoms with Gasteiger partial charge in [0.25, 0.3) is 0 Å². The molecule has 0 aromatic heterocycles. The molecule has 1 heterocycles. The molecule has 1 aromatic rings. The highest BCUT2D eigenvalue weighted by Crippen LogP contribution is 2.20. The molecule has 0 aliphatic carbocycles. The van der Waals surface area contributed by atoms with Crippen LogP contribution in [0.15, 0.2) is 23.1 Å². The van der Waals surface area contributed by atoms with E-state index in [-0.39, 0.29) is 10.5 Å². The maximum absolute atomic E-state index is 12.3. The quantitative estimate of drug-likeness (QED) is 0.642. The number of nitrogens with one attached hydrogen (secondary N) is 1. The maximum atomic E-state index is 12.3. The molecule has 0 bridgehead atoms. The van der Waals surface area contributed by atoms with E-state index in [1.165, 1.54) is 19.1 Å². The first-order chi connectivity index (χ1) is 10.0. The average molecular weight is 349 g/mol. The Morgan fingerprint density at radius 1 is 1.32 bits per heavy atom. The van der Waals surface area contributed by atoms with E-state index in [0.717, 1.165) is 6.07 Å². The van der Waals surface area contributed by atoms with Gasteiger partial charge in [-0.15, -0.1) is 0 Å². The number of sulfonamides is 1. The van der Waals surface area contributed by atoms with Crippen molar-refractivity contribution in [3.8, 4) is 0 Å². The smallest absolute Gasteiger partial charge is 0.335 e. The van der Waals surface area contributed by atoms with Crippen molar-refractivity contribution in [1.29, 1.82) is 0 Å². The van der Waals surface area contributed by atoms with Crippen molar-refractivity contribution in [3.63, 3.8) is 0 Å². The van der Waals surface area contributed by atoms with Crippen LogP contribution in [0.25, 0.3) is 0 Å². The summed E-state index contributed by atoms with van der Waals surface area (Å²) in [4.78, 5) is 10.7. The van der Waals surface area contributed by atoms with Gasteiger partial charge in [-0.1, -0.05) is 6.07 Å². The molecule has 1 aromatic carbocycles. The van der Waals surface area contributed by atoms with E-state index in [1.54, 1.807) is 0 Å². The number of aryl methyl sites for hydroxylation is 1. The third-order valence-corrected chi connectivity index (χ3v) is 6.70. The second-order valence-electron chi connectivity index (χ2n) is 5.16.